The average Bonchev–Trinajstić information content (AvgIpc) is 3.08. The zero-order valence-corrected chi connectivity index (χ0v) is 16.4. The highest BCUT2D eigenvalue weighted by atomic mass is 32.1. The number of carbonyl (C=O) groups excluding carboxylic acids is 1. The molecule has 3 rings (SSSR count). The number of amides is 1. The van der Waals surface area contributed by atoms with E-state index in [2.05, 4.69) is 36.2 Å². The predicted molar refractivity (Wildman–Crippen MR) is 105 cm³/mol. The number of benzene rings is 1. The third-order valence-corrected chi connectivity index (χ3v) is 6.86. The number of carbonyl (C=O) groups is 1. The number of nitrogens with zero attached hydrogens (tertiary/aromatic N) is 2. The van der Waals surface area contributed by atoms with Crippen molar-refractivity contribution in [3.8, 4) is 0 Å². The lowest BCUT2D eigenvalue weighted by Gasteiger charge is -2.39. The first kappa shape index (κ1) is 18.3. The monoisotopic (exact) mass is 359 g/mol. The Morgan fingerprint density at radius 3 is 2.56 bits per heavy atom. The highest BCUT2D eigenvalue weighted by Gasteiger charge is 2.40. The van der Waals surface area contributed by atoms with Crippen molar-refractivity contribution in [1.82, 2.24) is 15.2 Å². The summed E-state index contributed by atoms with van der Waals surface area (Å²) in [5.74, 6) is 0.325. The lowest BCUT2D eigenvalue weighted by atomic mass is 9.77. The lowest BCUT2D eigenvalue weighted by Crippen LogP contribution is -2.50. The van der Waals surface area contributed by atoms with Gasteiger partial charge in [-0.1, -0.05) is 26.0 Å². The summed E-state index contributed by atoms with van der Waals surface area (Å²) < 4.78 is 1.21. The molecule has 0 unspecified atom stereocenters. The van der Waals surface area contributed by atoms with Gasteiger partial charge in [0, 0.05) is 25.6 Å². The number of fused-ring (bicyclic) bond motifs is 1. The van der Waals surface area contributed by atoms with Crippen LogP contribution in [0.2, 0.25) is 0 Å². The van der Waals surface area contributed by atoms with Gasteiger partial charge in [-0.25, -0.2) is 4.98 Å². The summed E-state index contributed by atoms with van der Waals surface area (Å²) in [5, 5.41) is 4.42. The first-order valence-corrected chi connectivity index (χ1v) is 10.2. The van der Waals surface area contributed by atoms with Crippen molar-refractivity contribution in [2.45, 2.75) is 52.0 Å². The molecule has 0 aliphatic carbocycles. The summed E-state index contributed by atoms with van der Waals surface area (Å²) in [6, 6.07) is 8.79. The smallest absolute Gasteiger partial charge is 0.229 e. The molecule has 1 aromatic heterocycles. The molecule has 1 amide bonds. The zero-order chi connectivity index (χ0) is 17.9. The molecular weight excluding hydrogens is 330 g/mol. The van der Waals surface area contributed by atoms with Gasteiger partial charge in [-0.3, -0.25) is 4.79 Å². The van der Waals surface area contributed by atoms with E-state index in [1.807, 2.05) is 19.2 Å². The highest BCUT2D eigenvalue weighted by Crippen LogP contribution is 2.36. The molecule has 2 heterocycles. The minimum Gasteiger partial charge on any atom is -0.342 e. The minimum atomic E-state index is -0.319. The first-order valence-electron chi connectivity index (χ1n) is 9.43. The molecule has 1 aliphatic rings. The molecule has 5 heteroatoms. The van der Waals surface area contributed by atoms with Crippen LogP contribution < -0.4 is 5.32 Å². The Balaban J connectivity index is 1.79. The van der Waals surface area contributed by atoms with Gasteiger partial charge in [-0.05, 0) is 44.9 Å². The summed E-state index contributed by atoms with van der Waals surface area (Å²) in [4.78, 5) is 20.3. The molecule has 0 bridgehead atoms. The van der Waals surface area contributed by atoms with Crippen molar-refractivity contribution < 1.29 is 4.79 Å². The second-order valence-corrected chi connectivity index (χ2v) is 8.21. The van der Waals surface area contributed by atoms with E-state index in [9.17, 15) is 4.79 Å². The van der Waals surface area contributed by atoms with Gasteiger partial charge >= 0.3 is 0 Å². The van der Waals surface area contributed by atoms with E-state index in [0.717, 1.165) is 55.7 Å². The number of rotatable bonds is 6. The number of hydrogen-bond donors (Lipinski definition) is 1. The van der Waals surface area contributed by atoms with Crippen molar-refractivity contribution in [2.75, 3.05) is 20.1 Å². The quantitative estimate of drug-likeness (QED) is 0.852. The van der Waals surface area contributed by atoms with Crippen molar-refractivity contribution in [3.05, 3.63) is 29.3 Å². The number of aromatic nitrogens is 1. The summed E-state index contributed by atoms with van der Waals surface area (Å²) in [6.45, 7) is 6.03. The van der Waals surface area contributed by atoms with Gasteiger partial charge in [0.15, 0.2) is 0 Å². The van der Waals surface area contributed by atoms with Crippen LogP contribution in [0.4, 0.5) is 0 Å². The third kappa shape index (κ3) is 3.72. The van der Waals surface area contributed by atoms with Gasteiger partial charge in [0.2, 0.25) is 5.91 Å². The molecule has 4 nitrogen and oxygen atoms in total. The van der Waals surface area contributed by atoms with Crippen LogP contribution in [0.3, 0.4) is 0 Å². The number of hydrogen-bond acceptors (Lipinski definition) is 4. The number of likely N-dealkylation sites (tertiary alicyclic amines) is 1. The number of piperidine rings is 1. The molecule has 0 atom stereocenters. The first-order chi connectivity index (χ1) is 12.1. The van der Waals surface area contributed by atoms with Crippen LogP contribution in [0.15, 0.2) is 24.3 Å². The van der Waals surface area contributed by atoms with Crippen LogP contribution >= 0.6 is 11.3 Å². The summed E-state index contributed by atoms with van der Waals surface area (Å²) >= 11 is 1.73. The normalized spacial score (nSPS) is 16.5. The third-order valence-electron chi connectivity index (χ3n) is 5.83. The lowest BCUT2D eigenvalue weighted by molar-refractivity contribution is -0.144. The fourth-order valence-corrected chi connectivity index (χ4v) is 4.98. The minimum absolute atomic E-state index is 0.319. The van der Waals surface area contributed by atoms with Crippen LogP contribution in [-0.2, 0) is 11.2 Å². The Morgan fingerprint density at radius 1 is 1.28 bits per heavy atom. The number of para-hydroxylation sites is 1. The van der Waals surface area contributed by atoms with E-state index in [0.29, 0.717) is 11.9 Å². The van der Waals surface area contributed by atoms with E-state index in [-0.39, 0.29) is 5.41 Å². The molecular formula is C20H29N3OS. The van der Waals surface area contributed by atoms with Gasteiger partial charge in [0.05, 0.1) is 20.6 Å². The number of nitrogens with one attached hydrogen (secondary N) is 1. The van der Waals surface area contributed by atoms with Crippen LogP contribution in [0.1, 0.15) is 44.5 Å². The van der Waals surface area contributed by atoms with Crippen molar-refractivity contribution in [3.63, 3.8) is 0 Å². The molecule has 2 aromatic rings. The van der Waals surface area contributed by atoms with Crippen LogP contribution in [0, 0.1) is 5.41 Å². The Morgan fingerprint density at radius 2 is 1.96 bits per heavy atom. The summed E-state index contributed by atoms with van der Waals surface area (Å²) in [6.07, 6.45) is 4.58. The molecule has 1 aromatic carbocycles. The molecule has 1 aliphatic heterocycles. The molecule has 0 saturated carbocycles. The fraction of sp³-hybridized carbons (Fsp3) is 0.600. The second-order valence-electron chi connectivity index (χ2n) is 7.09. The Hall–Kier alpha value is -1.46. The van der Waals surface area contributed by atoms with Gasteiger partial charge in [-0.15, -0.1) is 11.3 Å². The average molecular weight is 360 g/mol. The van der Waals surface area contributed by atoms with E-state index >= 15 is 0 Å². The maximum atomic E-state index is 13.4. The van der Waals surface area contributed by atoms with Crippen LogP contribution in [0.25, 0.3) is 10.2 Å². The van der Waals surface area contributed by atoms with Crippen LogP contribution in [-0.4, -0.2) is 42.0 Å². The molecule has 1 N–H and O–H groups in total. The van der Waals surface area contributed by atoms with E-state index in [1.54, 1.807) is 11.3 Å². The van der Waals surface area contributed by atoms with E-state index in [4.69, 9.17) is 4.98 Å². The second kappa shape index (κ2) is 7.83. The van der Waals surface area contributed by atoms with Crippen LogP contribution in [0.5, 0.6) is 0 Å². The SMILES string of the molecule is CCC(CC)(Cc1nc2ccccc2s1)C(=O)N1CCC(NC)CC1. The van der Waals surface area contributed by atoms with Gasteiger partial charge in [0.25, 0.3) is 0 Å². The number of thiazole rings is 1. The van der Waals surface area contributed by atoms with Crippen molar-refractivity contribution >= 4 is 27.5 Å². The zero-order valence-electron chi connectivity index (χ0n) is 15.5. The Kier molecular flexibility index (Phi) is 5.74. The largest absolute Gasteiger partial charge is 0.342 e. The topological polar surface area (TPSA) is 45.2 Å². The molecule has 0 spiro atoms. The summed E-state index contributed by atoms with van der Waals surface area (Å²) in [5.41, 5.74) is 0.728. The standard InChI is InChI=1S/C20H29N3OS/c1-4-20(5-2,19(24)23-12-10-15(21-3)11-13-23)14-18-22-16-8-6-7-9-17(16)25-18/h6-9,15,21H,4-5,10-14H2,1-3H3. The van der Waals surface area contributed by atoms with E-state index < -0.39 is 0 Å². The molecule has 25 heavy (non-hydrogen) atoms. The summed E-state index contributed by atoms with van der Waals surface area (Å²) in [7, 11) is 2.01. The van der Waals surface area contributed by atoms with Gasteiger partial charge in [-0.2, -0.15) is 0 Å². The van der Waals surface area contributed by atoms with Crippen molar-refractivity contribution in [1.29, 1.82) is 0 Å². The fourth-order valence-electron chi connectivity index (χ4n) is 3.87. The molecule has 0 radical (unpaired) electrons. The molecule has 136 valence electrons. The highest BCUT2D eigenvalue weighted by molar-refractivity contribution is 7.18. The van der Waals surface area contributed by atoms with E-state index in [1.165, 1.54) is 4.70 Å². The maximum absolute atomic E-state index is 13.4. The maximum Gasteiger partial charge on any atom is 0.229 e. The molecule has 1 saturated heterocycles. The Bertz CT molecular complexity index is 682. The van der Waals surface area contributed by atoms with Gasteiger partial charge in [0.1, 0.15) is 0 Å². The van der Waals surface area contributed by atoms with Gasteiger partial charge < -0.3 is 10.2 Å². The molecule has 1 fully saturated rings. The predicted octanol–water partition coefficient (Wildman–Crippen LogP) is 3.86. The Labute approximate surface area is 154 Å². The van der Waals surface area contributed by atoms with Crippen molar-refractivity contribution in [2.24, 2.45) is 5.41 Å².